The van der Waals surface area contributed by atoms with Crippen LogP contribution in [0.4, 0.5) is 4.39 Å². The van der Waals surface area contributed by atoms with Crippen LogP contribution in [0.2, 0.25) is 0 Å². The zero-order valence-corrected chi connectivity index (χ0v) is 13.7. The van der Waals surface area contributed by atoms with Crippen LogP contribution in [0.15, 0.2) is 36.0 Å². The number of morpholine rings is 1. The highest BCUT2D eigenvalue weighted by atomic mass is 32.1. The van der Waals surface area contributed by atoms with Crippen LogP contribution in [0, 0.1) is 5.82 Å². The Bertz CT molecular complexity index is 847. The molecule has 0 aliphatic carbocycles. The van der Waals surface area contributed by atoms with Crippen molar-refractivity contribution < 1.29 is 14.2 Å². The fourth-order valence-electron chi connectivity index (χ4n) is 3.08. The van der Waals surface area contributed by atoms with Gasteiger partial charge in [0, 0.05) is 18.7 Å². The number of ether oxygens (including phenoxy) is 1. The minimum Gasteiger partial charge on any atom is -0.505 e. The molecule has 1 N–H and O–H groups in total. The normalized spacial score (nSPS) is 17.2. The predicted octanol–water partition coefficient (Wildman–Crippen LogP) is 2.96. The quantitative estimate of drug-likeness (QED) is 0.791. The number of benzene rings is 1. The number of hydrogen-bond donors (Lipinski definition) is 1. The van der Waals surface area contributed by atoms with E-state index >= 15 is 0 Å². The molecular formula is C17H16FN3O2S. The van der Waals surface area contributed by atoms with E-state index in [9.17, 15) is 9.50 Å². The molecule has 1 aromatic carbocycles. The molecule has 5 nitrogen and oxygen atoms in total. The second-order valence-electron chi connectivity index (χ2n) is 5.65. The molecule has 1 unspecified atom stereocenters. The van der Waals surface area contributed by atoms with E-state index in [1.807, 2.05) is 12.1 Å². The van der Waals surface area contributed by atoms with Crippen molar-refractivity contribution in [3.05, 3.63) is 53.0 Å². The molecule has 0 radical (unpaired) electrons. The smallest absolute Gasteiger partial charge is 0.147 e. The van der Waals surface area contributed by atoms with Crippen LogP contribution in [-0.2, 0) is 4.74 Å². The number of aromatic hydroxyl groups is 1. The van der Waals surface area contributed by atoms with Crippen molar-refractivity contribution in [2.45, 2.75) is 6.04 Å². The largest absolute Gasteiger partial charge is 0.505 e. The number of pyridine rings is 1. The van der Waals surface area contributed by atoms with Crippen molar-refractivity contribution in [2.75, 3.05) is 26.3 Å². The van der Waals surface area contributed by atoms with Gasteiger partial charge < -0.3 is 9.84 Å². The molecular weight excluding hydrogens is 329 g/mol. The fourth-order valence-corrected chi connectivity index (χ4v) is 3.76. The van der Waals surface area contributed by atoms with Gasteiger partial charge in [0.2, 0.25) is 0 Å². The molecule has 0 saturated carbocycles. The second-order valence-corrected chi connectivity index (χ2v) is 6.54. The molecule has 3 heterocycles. The Balaban J connectivity index is 1.83. The summed E-state index contributed by atoms with van der Waals surface area (Å²) in [5.74, 6) is -0.213. The predicted molar refractivity (Wildman–Crippen MR) is 89.7 cm³/mol. The molecule has 2 aromatic heterocycles. The zero-order valence-electron chi connectivity index (χ0n) is 12.9. The van der Waals surface area contributed by atoms with Crippen molar-refractivity contribution in [3.8, 4) is 5.75 Å². The summed E-state index contributed by atoms with van der Waals surface area (Å²) in [5.41, 5.74) is 3.74. The molecule has 1 aliphatic rings. The number of thiazole rings is 1. The van der Waals surface area contributed by atoms with Crippen LogP contribution < -0.4 is 0 Å². The third-order valence-corrected chi connectivity index (χ3v) is 5.04. The summed E-state index contributed by atoms with van der Waals surface area (Å²) in [6, 6.07) is 6.66. The lowest BCUT2D eigenvalue weighted by atomic mass is 9.99. The highest BCUT2D eigenvalue weighted by Gasteiger charge is 2.28. The summed E-state index contributed by atoms with van der Waals surface area (Å²) in [7, 11) is 0. The maximum absolute atomic E-state index is 13.3. The maximum atomic E-state index is 13.3. The number of hydrogen-bond acceptors (Lipinski definition) is 6. The molecule has 1 atom stereocenters. The van der Waals surface area contributed by atoms with E-state index in [0.717, 1.165) is 23.4 Å². The first kappa shape index (κ1) is 15.4. The van der Waals surface area contributed by atoms with Gasteiger partial charge in [0.05, 0.1) is 41.4 Å². The van der Waals surface area contributed by atoms with Gasteiger partial charge in [-0.1, -0.05) is 6.07 Å². The van der Waals surface area contributed by atoms with Gasteiger partial charge in [-0.25, -0.2) is 9.37 Å². The Kier molecular flexibility index (Phi) is 4.13. The third-order valence-electron chi connectivity index (χ3n) is 4.24. The first-order chi connectivity index (χ1) is 11.7. The summed E-state index contributed by atoms with van der Waals surface area (Å²) in [6.07, 6.45) is 1.21. The average molecular weight is 345 g/mol. The Hall–Kier alpha value is -2.09. The summed E-state index contributed by atoms with van der Waals surface area (Å²) >= 11 is 1.49. The number of nitrogens with zero attached hydrogens (tertiary/aromatic N) is 3. The van der Waals surface area contributed by atoms with Gasteiger partial charge in [0.15, 0.2) is 0 Å². The fraction of sp³-hybridized carbons (Fsp3) is 0.294. The first-order valence-electron chi connectivity index (χ1n) is 7.72. The van der Waals surface area contributed by atoms with Crippen molar-refractivity contribution in [1.82, 2.24) is 14.9 Å². The Morgan fingerprint density at radius 1 is 1.17 bits per heavy atom. The molecule has 1 fully saturated rings. The van der Waals surface area contributed by atoms with Crippen molar-refractivity contribution in [3.63, 3.8) is 0 Å². The minimum atomic E-state index is -0.376. The van der Waals surface area contributed by atoms with E-state index < -0.39 is 0 Å². The van der Waals surface area contributed by atoms with E-state index in [0.29, 0.717) is 24.4 Å². The highest BCUT2D eigenvalue weighted by Crippen LogP contribution is 2.38. The van der Waals surface area contributed by atoms with Crippen molar-refractivity contribution in [1.29, 1.82) is 0 Å². The van der Waals surface area contributed by atoms with Crippen LogP contribution >= 0.6 is 11.3 Å². The lowest BCUT2D eigenvalue weighted by Gasteiger charge is -2.34. The number of fused-ring (bicyclic) bond motifs is 1. The van der Waals surface area contributed by atoms with E-state index in [4.69, 9.17) is 4.74 Å². The molecule has 24 heavy (non-hydrogen) atoms. The molecule has 0 spiro atoms. The van der Waals surface area contributed by atoms with E-state index in [-0.39, 0.29) is 17.6 Å². The van der Waals surface area contributed by atoms with Crippen LogP contribution in [0.5, 0.6) is 5.75 Å². The van der Waals surface area contributed by atoms with Gasteiger partial charge in [-0.05, 0) is 18.2 Å². The Morgan fingerprint density at radius 3 is 2.75 bits per heavy atom. The van der Waals surface area contributed by atoms with Crippen LogP contribution in [0.3, 0.4) is 0 Å². The van der Waals surface area contributed by atoms with Crippen LogP contribution in [-0.4, -0.2) is 46.3 Å². The van der Waals surface area contributed by atoms with E-state index in [1.165, 1.54) is 23.6 Å². The highest BCUT2D eigenvalue weighted by molar-refractivity contribution is 7.16. The maximum Gasteiger partial charge on any atom is 0.147 e. The molecule has 1 saturated heterocycles. The Morgan fingerprint density at radius 2 is 2.00 bits per heavy atom. The summed E-state index contributed by atoms with van der Waals surface area (Å²) in [4.78, 5) is 10.7. The third kappa shape index (κ3) is 2.75. The van der Waals surface area contributed by atoms with Gasteiger partial charge in [0.25, 0.3) is 0 Å². The first-order valence-corrected chi connectivity index (χ1v) is 8.60. The lowest BCUT2D eigenvalue weighted by molar-refractivity contribution is 0.0228. The monoisotopic (exact) mass is 345 g/mol. The van der Waals surface area contributed by atoms with Crippen LogP contribution in [0.25, 0.3) is 10.2 Å². The van der Waals surface area contributed by atoms with Gasteiger partial charge >= 0.3 is 0 Å². The summed E-state index contributed by atoms with van der Waals surface area (Å²) in [6.45, 7) is 2.69. The van der Waals surface area contributed by atoms with Crippen LogP contribution in [0.1, 0.15) is 17.3 Å². The average Bonchev–Trinajstić information content (AvgIpc) is 3.09. The molecule has 0 bridgehead atoms. The van der Waals surface area contributed by atoms with E-state index in [1.54, 1.807) is 11.6 Å². The topological polar surface area (TPSA) is 58.5 Å². The molecule has 0 amide bonds. The molecule has 4 rings (SSSR count). The lowest BCUT2D eigenvalue weighted by Crippen LogP contribution is -2.39. The molecule has 7 heteroatoms. The van der Waals surface area contributed by atoms with Gasteiger partial charge in [-0.3, -0.25) is 9.88 Å². The second kappa shape index (κ2) is 6.43. The van der Waals surface area contributed by atoms with Crippen molar-refractivity contribution >= 4 is 21.6 Å². The Labute approximate surface area is 142 Å². The number of aromatic nitrogens is 2. The van der Waals surface area contributed by atoms with Crippen molar-refractivity contribution in [2.24, 2.45) is 0 Å². The van der Waals surface area contributed by atoms with Gasteiger partial charge in [-0.15, -0.1) is 11.3 Å². The number of phenols is 1. The zero-order chi connectivity index (χ0) is 16.5. The minimum absolute atomic E-state index is 0.163. The standard InChI is InChI=1S/C17H16FN3O2S/c18-11-1-3-13(19-9-11)16(21-5-7-23-8-6-21)12-2-4-14-15(17(12)22)20-10-24-14/h1-4,9-10,16,22H,5-8H2. The molecule has 1 aliphatic heterocycles. The summed E-state index contributed by atoms with van der Waals surface area (Å²) in [5, 5.41) is 10.7. The summed E-state index contributed by atoms with van der Waals surface area (Å²) < 4.78 is 19.7. The number of halogens is 1. The van der Waals surface area contributed by atoms with E-state index in [2.05, 4.69) is 14.9 Å². The van der Waals surface area contributed by atoms with Gasteiger partial charge in [0.1, 0.15) is 17.1 Å². The van der Waals surface area contributed by atoms with Gasteiger partial charge in [-0.2, -0.15) is 0 Å². The SMILES string of the molecule is Oc1c(C(c2ccc(F)cn2)N2CCOCC2)ccc2scnc12. The number of rotatable bonds is 3. The number of phenolic OH excluding ortho intramolecular Hbond substituents is 1. The molecule has 3 aromatic rings. The molecule has 124 valence electrons.